The van der Waals surface area contributed by atoms with Crippen LogP contribution < -0.4 is 0 Å². The zero-order valence-electron chi connectivity index (χ0n) is 13.2. The summed E-state index contributed by atoms with van der Waals surface area (Å²) in [6, 6.07) is 14.3. The molecule has 126 valence electrons. The summed E-state index contributed by atoms with van der Waals surface area (Å²) in [6.07, 6.45) is 1.28. The Balaban J connectivity index is 2.52. The number of rotatable bonds is 6. The van der Waals surface area contributed by atoms with E-state index in [0.29, 0.717) is 11.1 Å². The van der Waals surface area contributed by atoms with Gasteiger partial charge in [0.1, 0.15) is 0 Å². The van der Waals surface area contributed by atoms with Crippen molar-refractivity contribution in [2.45, 2.75) is 18.4 Å². The average Bonchev–Trinajstić information content (AvgIpc) is 2.61. The molecular weight excluding hydrogens is 328 g/mol. The molecule has 1 N–H and O–H groups in total. The number of aliphatic hydroxyl groups is 1. The molecule has 0 fully saturated rings. The third-order valence-corrected chi connectivity index (χ3v) is 5.04. The summed E-state index contributed by atoms with van der Waals surface area (Å²) in [5.41, 5.74) is 1.21. The second-order valence-corrected chi connectivity index (χ2v) is 6.86. The maximum Gasteiger partial charge on any atom is 0.350 e. The lowest BCUT2D eigenvalue weighted by molar-refractivity contribution is -0.137. The first-order valence-electron chi connectivity index (χ1n) is 7.37. The Morgan fingerprint density at radius 2 is 1.71 bits per heavy atom. The summed E-state index contributed by atoms with van der Waals surface area (Å²) in [6.45, 7) is 1.57. The number of esters is 1. The van der Waals surface area contributed by atoms with Gasteiger partial charge in [-0.2, -0.15) is 0 Å². The van der Waals surface area contributed by atoms with Crippen LogP contribution in [0.15, 0.2) is 64.4 Å². The molecule has 5 nitrogen and oxygen atoms in total. The van der Waals surface area contributed by atoms with E-state index in [9.17, 15) is 13.2 Å². The number of ether oxygens (including phenoxy) is 1. The van der Waals surface area contributed by atoms with Gasteiger partial charge in [-0.25, -0.2) is 13.2 Å². The minimum absolute atomic E-state index is 0.0243. The quantitative estimate of drug-likeness (QED) is 0.642. The van der Waals surface area contributed by atoms with E-state index in [2.05, 4.69) is 0 Å². The van der Waals surface area contributed by atoms with Crippen molar-refractivity contribution in [3.8, 4) is 0 Å². The fraction of sp³-hybridized carbons (Fsp3) is 0.167. The lowest BCUT2D eigenvalue weighted by Gasteiger charge is -2.09. The standard InChI is InChI=1S/C18H18O5S/c1-2-23-18(20)17(12-14-8-10-15(13-19)11-9-14)24(21,22)16-6-4-3-5-7-16/h3-12,19H,2,13H2,1H3. The van der Waals surface area contributed by atoms with Crippen LogP contribution in [0.25, 0.3) is 6.08 Å². The summed E-state index contributed by atoms with van der Waals surface area (Å²) >= 11 is 0. The van der Waals surface area contributed by atoms with Crippen molar-refractivity contribution in [2.75, 3.05) is 6.61 Å². The molecular formula is C18H18O5S. The summed E-state index contributed by atoms with van der Waals surface area (Å²) in [5.74, 6) is -0.896. The second kappa shape index (κ2) is 7.90. The highest BCUT2D eigenvalue weighted by Gasteiger charge is 2.28. The highest BCUT2D eigenvalue weighted by Crippen LogP contribution is 2.23. The lowest BCUT2D eigenvalue weighted by atomic mass is 10.1. The highest BCUT2D eigenvalue weighted by molar-refractivity contribution is 7.96. The normalized spacial score (nSPS) is 12.0. The Morgan fingerprint density at radius 3 is 2.25 bits per heavy atom. The number of aliphatic hydroxyl groups excluding tert-OH is 1. The Labute approximate surface area is 141 Å². The highest BCUT2D eigenvalue weighted by atomic mass is 32.2. The van der Waals surface area contributed by atoms with Crippen molar-refractivity contribution >= 4 is 21.9 Å². The molecule has 0 aliphatic carbocycles. The SMILES string of the molecule is CCOC(=O)C(=Cc1ccc(CO)cc1)S(=O)(=O)c1ccccc1. The van der Waals surface area contributed by atoms with Gasteiger partial charge >= 0.3 is 5.97 Å². The molecule has 2 aromatic rings. The van der Waals surface area contributed by atoms with Crippen LogP contribution in [0.3, 0.4) is 0 Å². The maximum absolute atomic E-state index is 12.8. The number of benzene rings is 2. The topological polar surface area (TPSA) is 80.7 Å². The molecule has 24 heavy (non-hydrogen) atoms. The van der Waals surface area contributed by atoms with Crippen LogP contribution in [0.5, 0.6) is 0 Å². The summed E-state index contributed by atoms with van der Waals surface area (Å²) in [4.78, 5) is 11.8. The molecule has 0 aromatic heterocycles. The van der Waals surface area contributed by atoms with E-state index in [0.717, 1.165) is 0 Å². The van der Waals surface area contributed by atoms with Gasteiger partial charge < -0.3 is 9.84 Å². The van der Waals surface area contributed by atoms with Crippen molar-refractivity contribution < 1.29 is 23.1 Å². The van der Waals surface area contributed by atoms with Crippen molar-refractivity contribution in [2.24, 2.45) is 0 Å². The fourth-order valence-corrected chi connectivity index (χ4v) is 3.38. The van der Waals surface area contributed by atoms with Gasteiger partial charge in [0.25, 0.3) is 0 Å². The summed E-state index contributed by atoms with van der Waals surface area (Å²) in [5, 5.41) is 9.06. The molecule has 0 atom stereocenters. The largest absolute Gasteiger partial charge is 0.462 e. The molecule has 0 spiro atoms. The third-order valence-electron chi connectivity index (χ3n) is 3.28. The molecule has 0 saturated heterocycles. The number of carbonyl (C=O) groups is 1. The zero-order valence-corrected chi connectivity index (χ0v) is 14.0. The van der Waals surface area contributed by atoms with E-state index in [-0.39, 0.29) is 18.1 Å². The predicted octanol–water partition coefficient (Wildman–Crippen LogP) is 2.56. The molecule has 0 saturated carbocycles. The summed E-state index contributed by atoms with van der Waals surface area (Å²) in [7, 11) is -4.00. The molecule has 0 radical (unpaired) electrons. The van der Waals surface area contributed by atoms with E-state index in [4.69, 9.17) is 9.84 Å². The third kappa shape index (κ3) is 4.10. The molecule has 0 unspecified atom stereocenters. The molecule has 2 aromatic carbocycles. The first kappa shape index (κ1) is 17.9. The molecule has 2 rings (SSSR count). The molecule has 0 bridgehead atoms. The van der Waals surface area contributed by atoms with Crippen molar-refractivity contribution in [3.05, 3.63) is 70.6 Å². The number of sulfone groups is 1. The van der Waals surface area contributed by atoms with Gasteiger partial charge in [0, 0.05) is 0 Å². The monoisotopic (exact) mass is 346 g/mol. The molecule has 0 aliphatic heterocycles. The van der Waals surface area contributed by atoms with Crippen molar-refractivity contribution in [1.29, 1.82) is 0 Å². The van der Waals surface area contributed by atoms with Crippen LogP contribution in [0.2, 0.25) is 0 Å². The van der Waals surface area contributed by atoms with Gasteiger partial charge in [-0.15, -0.1) is 0 Å². The van der Waals surface area contributed by atoms with Crippen LogP contribution >= 0.6 is 0 Å². The van der Waals surface area contributed by atoms with Crippen molar-refractivity contribution in [1.82, 2.24) is 0 Å². The molecule has 0 heterocycles. The van der Waals surface area contributed by atoms with E-state index >= 15 is 0 Å². The van der Waals surface area contributed by atoms with Gasteiger partial charge in [-0.1, -0.05) is 42.5 Å². The average molecular weight is 346 g/mol. The Kier molecular flexibility index (Phi) is 5.89. The summed E-state index contributed by atoms with van der Waals surface area (Å²) < 4.78 is 30.4. The van der Waals surface area contributed by atoms with E-state index in [1.807, 2.05) is 0 Å². The van der Waals surface area contributed by atoms with E-state index in [1.54, 1.807) is 49.4 Å². The predicted molar refractivity (Wildman–Crippen MR) is 90.6 cm³/mol. The smallest absolute Gasteiger partial charge is 0.350 e. The van der Waals surface area contributed by atoms with Crippen LogP contribution in [0, 0.1) is 0 Å². The van der Waals surface area contributed by atoms with Crippen LogP contribution in [-0.2, 0) is 26.0 Å². The molecule has 0 aliphatic rings. The van der Waals surface area contributed by atoms with Gasteiger partial charge in [0.2, 0.25) is 9.84 Å². The minimum atomic E-state index is -4.00. The number of hydrogen-bond acceptors (Lipinski definition) is 5. The fourth-order valence-electron chi connectivity index (χ4n) is 2.05. The molecule has 0 amide bonds. The van der Waals surface area contributed by atoms with Gasteiger partial charge in [0.15, 0.2) is 4.91 Å². The molecule has 6 heteroatoms. The number of carbonyl (C=O) groups excluding carboxylic acids is 1. The lowest BCUT2D eigenvalue weighted by Crippen LogP contribution is -2.16. The second-order valence-electron chi connectivity index (χ2n) is 4.95. The van der Waals surface area contributed by atoms with Crippen LogP contribution in [-0.4, -0.2) is 26.1 Å². The van der Waals surface area contributed by atoms with E-state index < -0.39 is 20.7 Å². The first-order valence-corrected chi connectivity index (χ1v) is 8.86. The van der Waals surface area contributed by atoms with Crippen LogP contribution in [0.4, 0.5) is 0 Å². The zero-order chi connectivity index (χ0) is 17.6. The first-order chi connectivity index (χ1) is 11.5. The van der Waals surface area contributed by atoms with Crippen LogP contribution in [0.1, 0.15) is 18.1 Å². The Hall–Kier alpha value is -2.44. The Morgan fingerprint density at radius 1 is 1.08 bits per heavy atom. The Bertz CT molecular complexity index is 821. The van der Waals surface area contributed by atoms with Gasteiger partial charge in [0.05, 0.1) is 18.1 Å². The van der Waals surface area contributed by atoms with Crippen molar-refractivity contribution in [3.63, 3.8) is 0 Å². The number of hydrogen-bond donors (Lipinski definition) is 1. The van der Waals surface area contributed by atoms with Gasteiger partial charge in [-0.05, 0) is 36.3 Å². The van der Waals surface area contributed by atoms with Gasteiger partial charge in [-0.3, -0.25) is 0 Å². The maximum atomic E-state index is 12.8. The van der Waals surface area contributed by atoms with E-state index in [1.165, 1.54) is 18.2 Å². The minimum Gasteiger partial charge on any atom is -0.462 e.